The zero-order valence-corrected chi connectivity index (χ0v) is 15.9. The van der Waals surface area contributed by atoms with Crippen LogP contribution in [0.1, 0.15) is 16.7 Å². The fraction of sp³-hybridized carbons (Fsp3) is 0.0435. The Balaban J connectivity index is 1.46. The van der Waals surface area contributed by atoms with Crippen LogP contribution in [0.15, 0.2) is 83.5 Å². The van der Waals surface area contributed by atoms with E-state index in [0.717, 1.165) is 11.1 Å². The van der Waals surface area contributed by atoms with Crippen molar-refractivity contribution in [2.75, 3.05) is 0 Å². The Kier molecular flexibility index (Phi) is 5.40. The van der Waals surface area contributed by atoms with Gasteiger partial charge in [-0.05, 0) is 54.1 Å². The first-order chi connectivity index (χ1) is 14.1. The molecule has 0 aliphatic carbocycles. The van der Waals surface area contributed by atoms with Gasteiger partial charge in [0.25, 0.3) is 0 Å². The van der Waals surface area contributed by atoms with E-state index < -0.39 is 5.97 Å². The zero-order valence-electron chi connectivity index (χ0n) is 15.1. The average molecular weight is 408 g/mol. The summed E-state index contributed by atoms with van der Waals surface area (Å²) in [6.07, 6.45) is 1.62. The number of ether oxygens (including phenoxy) is 2. The van der Waals surface area contributed by atoms with Gasteiger partial charge in [0, 0.05) is 16.1 Å². The molecule has 29 heavy (non-hydrogen) atoms. The summed E-state index contributed by atoms with van der Waals surface area (Å²) in [6, 6.07) is 20.3. The van der Waals surface area contributed by atoms with Crippen molar-refractivity contribution in [1.29, 1.82) is 0 Å². The van der Waals surface area contributed by atoms with Gasteiger partial charge in [-0.25, -0.2) is 14.2 Å². The standard InChI is InChI=1S/C23H15ClFNO3/c24-20-4-2-1-3-17(20)14-28-19-11-5-15(6-12-19)13-21-23(27)29-22(26-21)16-7-9-18(25)10-8-16/h1-13H,14H2. The van der Waals surface area contributed by atoms with Crippen molar-refractivity contribution in [1.82, 2.24) is 0 Å². The summed E-state index contributed by atoms with van der Waals surface area (Å²) in [5.74, 6) is -0.0906. The van der Waals surface area contributed by atoms with E-state index in [9.17, 15) is 9.18 Å². The second-order valence-corrected chi connectivity index (χ2v) is 6.70. The summed E-state index contributed by atoms with van der Waals surface area (Å²) >= 11 is 6.13. The van der Waals surface area contributed by atoms with Crippen LogP contribution in [0.2, 0.25) is 5.02 Å². The molecule has 0 radical (unpaired) electrons. The van der Waals surface area contributed by atoms with Crippen molar-refractivity contribution < 1.29 is 18.7 Å². The molecule has 0 N–H and O–H groups in total. The Bertz CT molecular complexity index is 1110. The van der Waals surface area contributed by atoms with Crippen LogP contribution < -0.4 is 4.74 Å². The highest BCUT2D eigenvalue weighted by molar-refractivity contribution is 6.31. The van der Waals surface area contributed by atoms with Crippen LogP contribution in [0.4, 0.5) is 4.39 Å². The van der Waals surface area contributed by atoms with Gasteiger partial charge >= 0.3 is 5.97 Å². The van der Waals surface area contributed by atoms with E-state index in [-0.39, 0.29) is 17.4 Å². The number of benzene rings is 3. The number of rotatable bonds is 5. The number of esters is 1. The Morgan fingerprint density at radius 1 is 1.00 bits per heavy atom. The first kappa shape index (κ1) is 18.9. The van der Waals surface area contributed by atoms with Crippen LogP contribution in [-0.2, 0) is 16.1 Å². The molecule has 0 saturated carbocycles. The number of cyclic esters (lactones) is 1. The molecule has 3 aromatic rings. The minimum atomic E-state index is -0.552. The van der Waals surface area contributed by atoms with E-state index in [4.69, 9.17) is 21.1 Å². The SMILES string of the molecule is O=C1OC(c2ccc(F)cc2)=NC1=Cc1ccc(OCc2ccccc2Cl)cc1. The van der Waals surface area contributed by atoms with Gasteiger partial charge in [-0.3, -0.25) is 0 Å². The lowest BCUT2D eigenvalue weighted by atomic mass is 10.2. The lowest BCUT2D eigenvalue weighted by molar-refractivity contribution is -0.129. The van der Waals surface area contributed by atoms with Crippen molar-refractivity contribution in [2.45, 2.75) is 6.61 Å². The quantitative estimate of drug-likeness (QED) is 0.420. The fourth-order valence-corrected chi connectivity index (χ4v) is 2.91. The van der Waals surface area contributed by atoms with Gasteiger partial charge in [-0.15, -0.1) is 0 Å². The van der Waals surface area contributed by atoms with Gasteiger partial charge in [0.15, 0.2) is 5.70 Å². The molecular formula is C23H15ClFNO3. The summed E-state index contributed by atoms with van der Waals surface area (Å²) in [4.78, 5) is 16.3. The third-order valence-electron chi connectivity index (χ3n) is 4.25. The Morgan fingerprint density at radius 3 is 2.45 bits per heavy atom. The summed E-state index contributed by atoms with van der Waals surface area (Å²) in [7, 11) is 0. The summed E-state index contributed by atoms with van der Waals surface area (Å²) in [5.41, 5.74) is 2.38. The largest absolute Gasteiger partial charge is 0.489 e. The fourth-order valence-electron chi connectivity index (χ4n) is 2.72. The van der Waals surface area contributed by atoms with Crippen molar-refractivity contribution >= 4 is 29.5 Å². The van der Waals surface area contributed by atoms with Gasteiger partial charge in [0.05, 0.1) is 0 Å². The number of hydrogen-bond donors (Lipinski definition) is 0. The molecule has 0 unspecified atom stereocenters. The molecule has 1 heterocycles. The third-order valence-corrected chi connectivity index (χ3v) is 4.62. The van der Waals surface area contributed by atoms with Gasteiger partial charge < -0.3 is 9.47 Å². The minimum Gasteiger partial charge on any atom is -0.489 e. The number of aliphatic imine (C=N–C) groups is 1. The first-order valence-electron chi connectivity index (χ1n) is 8.83. The maximum Gasteiger partial charge on any atom is 0.363 e. The van der Waals surface area contributed by atoms with E-state index in [0.29, 0.717) is 22.9 Å². The molecule has 0 amide bonds. The van der Waals surface area contributed by atoms with Crippen molar-refractivity contribution in [3.8, 4) is 5.75 Å². The lowest BCUT2D eigenvalue weighted by Crippen LogP contribution is -2.05. The Hall–Kier alpha value is -3.44. The normalized spacial score (nSPS) is 14.6. The van der Waals surface area contributed by atoms with Crippen molar-refractivity contribution in [3.05, 3.63) is 106 Å². The summed E-state index contributed by atoms with van der Waals surface area (Å²) in [5, 5.41) is 0.656. The molecule has 1 aliphatic rings. The van der Waals surface area contributed by atoms with Crippen LogP contribution >= 0.6 is 11.6 Å². The number of nitrogens with zero attached hydrogens (tertiary/aromatic N) is 1. The number of carbonyl (C=O) groups excluding carboxylic acids is 1. The maximum atomic E-state index is 13.0. The lowest BCUT2D eigenvalue weighted by Gasteiger charge is -2.07. The topological polar surface area (TPSA) is 47.9 Å². The third kappa shape index (κ3) is 4.52. The molecule has 4 nitrogen and oxygen atoms in total. The van der Waals surface area contributed by atoms with E-state index in [2.05, 4.69) is 4.99 Å². The second-order valence-electron chi connectivity index (χ2n) is 6.29. The molecule has 4 rings (SSSR count). The smallest absolute Gasteiger partial charge is 0.363 e. The van der Waals surface area contributed by atoms with E-state index in [1.54, 1.807) is 18.2 Å². The molecular weight excluding hydrogens is 393 g/mol. The second kappa shape index (κ2) is 8.29. The highest BCUT2D eigenvalue weighted by atomic mass is 35.5. The van der Waals surface area contributed by atoms with Crippen LogP contribution in [0.3, 0.4) is 0 Å². The Labute approximate surface area is 171 Å². The predicted octanol–water partition coefficient (Wildman–Crippen LogP) is 5.40. The highest BCUT2D eigenvalue weighted by Gasteiger charge is 2.24. The van der Waals surface area contributed by atoms with Gasteiger partial charge in [-0.2, -0.15) is 0 Å². The van der Waals surface area contributed by atoms with E-state index in [1.165, 1.54) is 24.3 Å². The van der Waals surface area contributed by atoms with Gasteiger partial charge in [0.2, 0.25) is 5.90 Å². The maximum absolute atomic E-state index is 13.0. The van der Waals surface area contributed by atoms with Crippen LogP contribution in [0, 0.1) is 5.82 Å². The molecule has 0 atom stereocenters. The van der Waals surface area contributed by atoms with Gasteiger partial charge in [-0.1, -0.05) is 41.9 Å². The monoisotopic (exact) mass is 407 g/mol. The van der Waals surface area contributed by atoms with Crippen LogP contribution in [0.5, 0.6) is 5.75 Å². The van der Waals surface area contributed by atoms with Crippen LogP contribution in [0.25, 0.3) is 6.08 Å². The van der Waals surface area contributed by atoms with Crippen molar-refractivity contribution in [3.63, 3.8) is 0 Å². The van der Waals surface area contributed by atoms with Crippen LogP contribution in [-0.4, -0.2) is 11.9 Å². The number of carbonyl (C=O) groups is 1. The molecule has 6 heteroatoms. The summed E-state index contributed by atoms with van der Waals surface area (Å²) < 4.78 is 24.0. The number of hydrogen-bond acceptors (Lipinski definition) is 4. The first-order valence-corrected chi connectivity index (χ1v) is 9.21. The minimum absolute atomic E-state index is 0.154. The van der Waals surface area contributed by atoms with E-state index >= 15 is 0 Å². The Morgan fingerprint density at radius 2 is 1.72 bits per heavy atom. The molecule has 0 saturated heterocycles. The predicted molar refractivity (Wildman–Crippen MR) is 109 cm³/mol. The number of halogens is 2. The average Bonchev–Trinajstić information content (AvgIpc) is 3.09. The molecule has 0 spiro atoms. The van der Waals surface area contributed by atoms with E-state index in [1.807, 2.05) is 36.4 Å². The van der Waals surface area contributed by atoms with Crippen molar-refractivity contribution in [2.24, 2.45) is 4.99 Å². The molecule has 0 fully saturated rings. The molecule has 1 aliphatic heterocycles. The molecule has 3 aromatic carbocycles. The highest BCUT2D eigenvalue weighted by Crippen LogP contribution is 2.22. The molecule has 144 valence electrons. The zero-order chi connectivity index (χ0) is 20.2. The molecule has 0 aromatic heterocycles. The molecule has 0 bridgehead atoms. The van der Waals surface area contributed by atoms with Gasteiger partial charge in [0.1, 0.15) is 18.2 Å². The summed E-state index contributed by atoms with van der Waals surface area (Å²) in [6.45, 7) is 0.359.